The van der Waals surface area contributed by atoms with Gasteiger partial charge in [-0.15, -0.1) is 0 Å². The second-order valence-corrected chi connectivity index (χ2v) is 29.0. The molecule has 0 bridgehead atoms. The van der Waals surface area contributed by atoms with Crippen molar-refractivity contribution in [2.24, 2.45) is 5.92 Å². The van der Waals surface area contributed by atoms with Crippen LogP contribution in [0.3, 0.4) is 0 Å². The van der Waals surface area contributed by atoms with Crippen LogP contribution in [0.25, 0.3) is 0 Å². The van der Waals surface area contributed by atoms with E-state index in [1.54, 1.807) is 0 Å². The van der Waals surface area contributed by atoms with Crippen LogP contribution in [0.2, 0.25) is 0 Å². The minimum atomic E-state index is -4.96. The topological polar surface area (TPSA) is 237 Å². The molecule has 0 aliphatic rings. The molecule has 0 aromatic carbocycles. The fourth-order valence-electron chi connectivity index (χ4n) is 10.6. The number of rotatable bonds is 71. The predicted octanol–water partition coefficient (Wildman–Crippen LogP) is 20.9. The number of allylic oxidation sites excluding steroid dienone is 4. The van der Waals surface area contributed by atoms with Crippen molar-refractivity contribution in [2.45, 2.75) is 374 Å². The lowest BCUT2D eigenvalue weighted by atomic mass is 10.0. The molecule has 0 saturated heterocycles. The summed E-state index contributed by atoms with van der Waals surface area (Å²) in [6.45, 7) is 7.20. The van der Waals surface area contributed by atoms with Gasteiger partial charge in [-0.3, -0.25) is 37.3 Å². The summed E-state index contributed by atoms with van der Waals surface area (Å²) < 4.78 is 68.4. The minimum absolute atomic E-state index is 0.0851. The molecule has 92 heavy (non-hydrogen) atoms. The first kappa shape index (κ1) is 89.5. The minimum Gasteiger partial charge on any atom is -0.462 e. The van der Waals surface area contributed by atoms with E-state index in [1.165, 1.54) is 167 Å². The van der Waals surface area contributed by atoms with E-state index in [4.69, 9.17) is 37.0 Å². The maximum Gasteiger partial charge on any atom is 0.472 e. The molecule has 0 aromatic heterocycles. The molecule has 0 radical (unpaired) electrons. The summed E-state index contributed by atoms with van der Waals surface area (Å²) in [6, 6.07) is 0. The summed E-state index contributed by atoms with van der Waals surface area (Å²) in [5, 5.41) is 10.6. The van der Waals surface area contributed by atoms with Gasteiger partial charge in [-0.05, 0) is 57.3 Å². The van der Waals surface area contributed by atoms with E-state index in [9.17, 15) is 43.2 Å². The van der Waals surface area contributed by atoms with Crippen molar-refractivity contribution in [1.82, 2.24) is 0 Å². The zero-order valence-corrected chi connectivity index (χ0v) is 61.0. The van der Waals surface area contributed by atoms with Crippen molar-refractivity contribution in [3.63, 3.8) is 0 Å². The van der Waals surface area contributed by atoms with E-state index in [2.05, 4.69) is 58.9 Å². The van der Waals surface area contributed by atoms with Crippen molar-refractivity contribution in [2.75, 3.05) is 39.6 Å². The molecule has 0 aromatic rings. The SMILES string of the molecule is CCCCCC/C=C\C=C/CCCCCCCC(=O)O[C@H](COC(=O)CCCCCCCCCCCCC(C)C)COP(=O)(O)OC[C@@H](O)COP(=O)(O)OC[C@@H](COC(=O)CCCCCCCCCCCCCC)OC(=O)CCCCCCCCCCCCCC. The van der Waals surface area contributed by atoms with Gasteiger partial charge in [-0.1, -0.05) is 303 Å². The first-order valence-electron chi connectivity index (χ1n) is 37.5. The lowest BCUT2D eigenvalue weighted by Gasteiger charge is -2.21. The van der Waals surface area contributed by atoms with Crippen molar-refractivity contribution < 1.29 is 80.2 Å². The van der Waals surface area contributed by atoms with Crippen LogP contribution in [0.1, 0.15) is 356 Å². The van der Waals surface area contributed by atoms with E-state index >= 15 is 0 Å². The summed E-state index contributed by atoms with van der Waals surface area (Å²) in [5.41, 5.74) is 0. The van der Waals surface area contributed by atoms with Gasteiger partial charge in [0.25, 0.3) is 0 Å². The van der Waals surface area contributed by atoms with Crippen LogP contribution in [0.4, 0.5) is 0 Å². The Hall–Kier alpha value is -2.46. The van der Waals surface area contributed by atoms with Crippen LogP contribution in [0.5, 0.6) is 0 Å². The van der Waals surface area contributed by atoms with Crippen LogP contribution in [-0.2, 0) is 65.4 Å². The van der Waals surface area contributed by atoms with Crippen LogP contribution in [0.15, 0.2) is 24.3 Å². The standard InChI is InChI=1S/C73H138O17P2/c1-6-9-12-15-18-21-24-27-28-29-32-39-44-49-54-59-73(78)90-69(63-84-71(76)57-52-47-42-37-34-33-35-40-45-50-55-66(4)5)65-88-92(81,82)86-61-67(74)60-85-91(79,80)87-64-68(89-72(77)58-53-48-43-38-31-26-23-20-17-14-11-8-3)62-83-70(75)56-51-46-41-36-30-25-22-19-16-13-10-7-2/h21,24,27-28,66-69,74H,6-20,22-23,25-26,29-65H2,1-5H3,(H,79,80)(H,81,82)/b24-21-,28-27-/t67-,68+,69+/m0/s1. The molecular weight excluding hydrogens is 1210 g/mol. The van der Waals surface area contributed by atoms with Gasteiger partial charge in [0.1, 0.15) is 19.3 Å². The highest BCUT2D eigenvalue weighted by atomic mass is 31.2. The smallest absolute Gasteiger partial charge is 0.462 e. The third-order valence-electron chi connectivity index (χ3n) is 16.4. The predicted molar refractivity (Wildman–Crippen MR) is 372 cm³/mol. The van der Waals surface area contributed by atoms with Crippen molar-refractivity contribution in [3.05, 3.63) is 24.3 Å². The van der Waals surface area contributed by atoms with E-state index in [1.807, 2.05) is 0 Å². The molecule has 5 atom stereocenters. The molecule has 0 heterocycles. The van der Waals surface area contributed by atoms with Crippen molar-refractivity contribution in [1.29, 1.82) is 0 Å². The Morgan fingerprint density at radius 3 is 0.891 bits per heavy atom. The van der Waals surface area contributed by atoms with Gasteiger partial charge in [0.05, 0.1) is 26.4 Å². The molecule has 0 rings (SSSR count). The van der Waals surface area contributed by atoms with E-state index < -0.39 is 97.5 Å². The molecule has 0 spiro atoms. The lowest BCUT2D eigenvalue weighted by Crippen LogP contribution is -2.30. The van der Waals surface area contributed by atoms with Crippen LogP contribution < -0.4 is 0 Å². The van der Waals surface area contributed by atoms with E-state index in [0.717, 1.165) is 109 Å². The zero-order valence-electron chi connectivity index (χ0n) is 59.2. The largest absolute Gasteiger partial charge is 0.472 e. The second kappa shape index (κ2) is 65.8. The maximum atomic E-state index is 13.0. The highest BCUT2D eigenvalue weighted by molar-refractivity contribution is 7.47. The molecule has 0 aliphatic carbocycles. The summed E-state index contributed by atoms with van der Waals surface area (Å²) in [7, 11) is -9.92. The highest BCUT2D eigenvalue weighted by Crippen LogP contribution is 2.45. The highest BCUT2D eigenvalue weighted by Gasteiger charge is 2.30. The van der Waals surface area contributed by atoms with Gasteiger partial charge in [0, 0.05) is 25.7 Å². The molecular formula is C73H138O17P2. The molecule has 17 nitrogen and oxygen atoms in total. The Kier molecular flexibility index (Phi) is 64.0. The van der Waals surface area contributed by atoms with E-state index in [-0.39, 0.29) is 25.7 Å². The normalized spacial score (nSPS) is 14.2. The van der Waals surface area contributed by atoms with Gasteiger partial charge >= 0.3 is 39.5 Å². The Morgan fingerprint density at radius 1 is 0.337 bits per heavy atom. The number of phosphoric acid groups is 2. The first-order valence-corrected chi connectivity index (χ1v) is 40.4. The number of aliphatic hydroxyl groups excluding tert-OH is 1. The number of ether oxygens (including phenoxy) is 4. The molecule has 19 heteroatoms. The number of esters is 4. The van der Waals surface area contributed by atoms with Crippen LogP contribution >= 0.6 is 15.6 Å². The Bertz CT molecular complexity index is 1860. The van der Waals surface area contributed by atoms with Gasteiger partial charge < -0.3 is 33.8 Å². The van der Waals surface area contributed by atoms with Crippen molar-refractivity contribution in [3.8, 4) is 0 Å². The Labute approximate surface area is 561 Å². The quantitative estimate of drug-likeness (QED) is 0.0169. The number of aliphatic hydroxyl groups is 1. The summed E-state index contributed by atoms with van der Waals surface area (Å²) >= 11 is 0. The van der Waals surface area contributed by atoms with Crippen molar-refractivity contribution >= 4 is 39.5 Å². The zero-order chi connectivity index (χ0) is 67.7. The molecule has 0 saturated carbocycles. The number of unbranched alkanes of at least 4 members (excludes halogenated alkanes) is 40. The third kappa shape index (κ3) is 66.2. The number of carbonyl (C=O) groups is 4. The van der Waals surface area contributed by atoms with Crippen LogP contribution in [0, 0.1) is 5.92 Å². The van der Waals surface area contributed by atoms with E-state index in [0.29, 0.717) is 25.7 Å². The average molecular weight is 1350 g/mol. The summed E-state index contributed by atoms with van der Waals surface area (Å²) in [6.07, 6.45) is 56.1. The molecule has 0 fully saturated rings. The monoisotopic (exact) mass is 1350 g/mol. The van der Waals surface area contributed by atoms with Gasteiger partial charge in [-0.25, -0.2) is 9.13 Å². The van der Waals surface area contributed by atoms with Gasteiger partial charge in [0.15, 0.2) is 12.2 Å². The molecule has 0 aliphatic heterocycles. The average Bonchev–Trinajstić information content (AvgIpc) is 2.08. The third-order valence-corrected chi connectivity index (χ3v) is 18.3. The molecule has 3 N–H and O–H groups in total. The lowest BCUT2D eigenvalue weighted by molar-refractivity contribution is -0.161. The number of carbonyl (C=O) groups excluding carboxylic acids is 4. The van der Waals surface area contributed by atoms with Gasteiger partial charge in [0.2, 0.25) is 0 Å². The van der Waals surface area contributed by atoms with Crippen LogP contribution in [-0.4, -0.2) is 96.7 Å². The maximum absolute atomic E-state index is 13.0. The molecule has 0 amide bonds. The fraction of sp³-hybridized carbons (Fsp3) is 0.890. The number of hydrogen-bond donors (Lipinski definition) is 3. The summed E-state index contributed by atoms with van der Waals surface area (Å²) in [5.74, 6) is -1.39. The summed E-state index contributed by atoms with van der Waals surface area (Å²) in [4.78, 5) is 72.7. The number of phosphoric ester groups is 2. The Balaban J connectivity index is 5.29. The molecule has 2 unspecified atom stereocenters. The Morgan fingerprint density at radius 2 is 0.587 bits per heavy atom. The number of hydrogen-bond acceptors (Lipinski definition) is 15. The molecule has 542 valence electrons. The van der Waals surface area contributed by atoms with Gasteiger partial charge in [-0.2, -0.15) is 0 Å². The second-order valence-electron chi connectivity index (χ2n) is 26.1. The fourth-order valence-corrected chi connectivity index (χ4v) is 12.2. The first-order chi connectivity index (χ1) is 44.5.